The van der Waals surface area contributed by atoms with Crippen LogP contribution >= 0.6 is 0 Å². The van der Waals surface area contributed by atoms with Gasteiger partial charge < -0.3 is 24.4 Å². The van der Waals surface area contributed by atoms with Gasteiger partial charge in [0.15, 0.2) is 17.6 Å². The van der Waals surface area contributed by atoms with Crippen LogP contribution in [0.25, 0.3) is 0 Å². The zero-order valence-corrected chi connectivity index (χ0v) is 11.7. The number of carbonyl (C=O) groups is 1. The summed E-state index contributed by atoms with van der Waals surface area (Å²) in [6.07, 6.45) is -0.628. The van der Waals surface area contributed by atoms with Crippen molar-refractivity contribution in [3.05, 3.63) is 23.8 Å². The van der Waals surface area contributed by atoms with E-state index in [4.69, 9.17) is 24.4 Å². The van der Waals surface area contributed by atoms with Crippen LogP contribution in [-0.4, -0.2) is 42.6 Å². The van der Waals surface area contributed by atoms with Crippen molar-refractivity contribution in [1.29, 1.82) is 0 Å². The van der Waals surface area contributed by atoms with Crippen LogP contribution in [0.3, 0.4) is 0 Å². The maximum atomic E-state index is 10.9. The van der Waals surface area contributed by atoms with Crippen molar-refractivity contribution in [2.75, 3.05) is 20.3 Å². The molecule has 1 atom stereocenters. The fourth-order valence-corrected chi connectivity index (χ4v) is 1.68. The molecule has 0 radical (unpaired) electrons. The number of carboxylic acid groups (broad SMARTS) is 1. The average molecular weight is 284 g/mol. The smallest absolute Gasteiger partial charge is 0.332 e. The van der Waals surface area contributed by atoms with E-state index in [0.717, 1.165) is 0 Å². The molecule has 0 fully saturated rings. The zero-order chi connectivity index (χ0) is 15.0. The molecule has 0 aliphatic carbocycles. The van der Waals surface area contributed by atoms with Crippen LogP contribution in [0.1, 0.15) is 18.9 Å². The molecule has 20 heavy (non-hydrogen) atoms. The lowest BCUT2D eigenvalue weighted by atomic mass is 10.2. The number of hydrogen-bond donors (Lipinski definition) is 2. The maximum Gasteiger partial charge on any atom is 0.332 e. The average Bonchev–Trinajstić information content (AvgIpc) is 2.46. The molecular formula is C14H20O6. The Hall–Kier alpha value is -1.79. The Morgan fingerprint density at radius 1 is 1.35 bits per heavy atom. The first-order valence-corrected chi connectivity index (χ1v) is 6.37. The van der Waals surface area contributed by atoms with Gasteiger partial charge in [0.25, 0.3) is 0 Å². The molecule has 0 aliphatic rings. The third kappa shape index (κ3) is 4.71. The first-order valence-electron chi connectivity index (χ1n) is 6.37. The first kappa shape index (κ1) is 16.3. The molecule has 0 bridgehead atoms. The van der Waals surface area contributed by atoms with E-state index in [1.165, 1.54) is 7.11 Å². The summed E-state index contributed by atoms with van der Waals surface area (Å²) in [5.74, 6) is 0.00298. The predicted molar refractivity (Wildman–Crippen MR) is 72.1 cm³/mol. The van der Waals surface area contributed by atoms with Crippen molar-refractivity contribution in [2.45, 2.75) is 26.1 Å². The Bertz CT molecular complexity index is 432. The summed E-state index contributed by atoms with van der Waals surface area (Å²) < 4.78 is 15.8. The minimum atomic E-state index is -1.00. The van der Waals surface area contributed by atoms with Crippen LogP contribution in [-0.2, 0) is 16.1 Å². The third-order valence-electron chi connectivity index (χ3n) is 2.69. The lowest BCUT2D eigenvalue weighted by Gasteiger charge is -2.14. The van der Waals surface area contributed by atoms with Crippen LogP contribution in [0, 0.1) is 0 Å². The van der Waals surface area contributed by atoms with Gasteiger partial charge in [0, 0.05) is 13.0 Å². The summed E-state index contributed by atoms with van der Waals surface area (Å²) in [5, 5.41) is 18.0. The second-order valence-corrected chi connectivity index (χ2v) is 4.06. The molecule has 0 saturated carbocycles. The number of methoxy groups -OCH3 is 1. The molecule has 6 nitrogen and oxygen atoms in total. The molecule has 6 heteroatoms. The number of aliphatic hydroxyl groups is 1. The van der Waals surface area contributed by atoms with Crippen LogP contribution in [0.4, 0.5) is 0 Å². The van der Waals surface area contributed by atoms with Crippen LogP contribution < -0.4 is 9.47 Å². The Balaban J connectivity index is 2.58. The lowest BCUT2D eigenvalue weighted by Crippen LogP contribution is -2.26. The van der Waals surface area contributed by atoms with E-state index in [9.17, 15) is 4.79 Å². The highest BCUT2D eigenvalue weighted by Gasteiger charge is 2.17. The van der Waals surface area contributed by atoms with Gasteiger partial charge in [-0.05, 0) is 24.6 Å². The SMILES string of the molecule is CCOC(CCOc1ccc(CO)cc1OC)C(=O)O. The van der Waals surface area contributed by atoms with E-state index in [-0.39, 0.29) is 19.6 Å². The Kier molecular flexibility index (Phi) is 6.83. The lowest BCUT2D eigenvalue weighted by molar-refractivity contribution is -0.150. The first-order chi connectivity index (χ1) is 9.62. The fraction of sp³-hybridized carbons (Fsp3) is 0.500. The number of rotatable bonds is 9. The molecule has 1 aromatic rings. The van der Waals surface area contributed by atoms with Gasteiger partial charge in [0.1, 0.15) is 0 Å². The van der Waals surface area contributed by atoms with Gasteiger partial charge in [-0.2, -0.15) is 0 Å². The van der Waals surface area contributed by atoms with Gasteiger partial charge in [0.2, 0.25) is 0 Å². The van der Waals surface area contributed by atoms with Crippen molar-refractivity contribution in [1.82, 2.24) is 0 Å². The monoisotopic (exact) mass is 284 g/mol. The summed E-state index contributed by atoms with van der Waals surface area (Å²) in [5.41, 5.74) is 0.715. The minimum Gasteiger partial charge on any atom is -0.493 e. The summed E-state index contributed by atoms with van der Waals surface area (Å²) in [6, 6.07) is 5.07. The molecule has 0 spiro atoms. The van der Waals surface area contributed by atoms with E-state index in [1.807, 2.05) is 0 Å². The summed E-state index contributed by atoms with van der Waals surface area (Å²) in [4.78, 5) is 10.9. The number of aliphatic hydroxyl groups excluding tert-OH is 1. The van der Waals surface area contributed by atoms with Crippen molar-refractivity contribution in [2.24, 2.45) is 0 Å². The van der Waals surface area contributed by atoms with Gasteiger partial charge in [-0.3, -0.25) is 0 Å². The van der Waals surface area contributed by atoms with E-state index < -0.39 is 12.1 Å². The molecule has 0 amide bonds. The molecular weight excluding hydrogens is 264 g/mol. The normalized spacial score (nSPS) is 11.9. The standard InChI is InChI=1S/C14H20O6/c1-3-19-12(14(16)17)6-7-20-11-5-4-10(9-15)8-13(11)18-2/h4-5,8,12,15H,3,6-7,9H2,1-2H3,(H,16,17). The highest BCUT2D eigenvalue weighted by molar-refractivity contribution is 5.72. The molecule has 1 unspecified atom stereocenters. The van der Waals surface area contributed by atoms with Crippen LogP contribution in [0.2, 0.25) is 0 Å². The second kappa shape index (κ2) is 8.39. The Morgan fingerprint density at radius 2 is 2.10 bits per heavy atom. The van der Waals surface area contributed by atoms with Crippen molar-refractivity contribution < 1.29 is 29.2 Å². The van der Waals surface area contributed by atoms with Gasteiger partial charge in [-0.25, -0.2) is 4.79 Å². The highest BCUT2D eigenvalue weighted by atomic mass is 16.5. The van der Waals surface area contributed by atoms with Crippen molar-refractivity contribution in [3.63, 3.8) is 0 Å². The third-order valence-corrected chi connectivity index (χ3v) is 2.69. The largest absolute Gasteiger partial charge is 0.493 e. The van der Waals surface area contributed by atoms with Gasteiger partial charge in [-0.1, -0.05) is 6.07 Å². The Labute approximate surface area is 117 Å². The zero-order valence-electron chi connectivity index (χ0n) is 11.7. The van der Waals surface area contributed by atoms with Crippen molar-refractivity contribution >= 4 is 5.97 Å². The number of aliphatic carboxylic acids is 1. The number of carboxylic acids is 1. The van der Waals surface area contributed by atoms with Gasteiger partial charge in [-0.15, -0.1) is 0 Å². The molecule has 2 N–H and O–H groups in total. The van der Waals surface area contributed by atoms with Gasteiger partial charge >= 0.3 is 5.97 Å². The molecule has 112 valence electrons. The highest BCUT2D eigenvalue weighted by Crippen LogP contribution is 2.28. The molecule has 0 heterocycles. The minimum absolute atomic E-state index is 0.0813. The summed E-state index contributed by atoms with van der Waals surface area (Å²) >= 11 is 0. The number of benzene rings is 1. The maximum absolute atomic E-state index is 10.9. The molecule has 0 saturated heterocycles. The predicted octanol–water partition coefficient (Wildman–Crippen LogP) is 1.45. The second-order valence-electron chi connectivity index (χ2n) is 4.06. The van der Waals surface area contributed by atoms with Crippen LogP contribution in [0.5, 0.6) is 11.5 Å². The number of hydrogen-bond acceptors (Lipinski definition) is 5. The van der Waals surface area contributed by atoms with E-state index in [0.29, 0.717) is 23.7 Å². The topological polar surface area (TPSA) is 85.2 Å². The molecule has 0 aromatic heterocycles. The van der Waals surface area contributed by atoms with E-state index in [1.54, 1.807) is 25.1 Å². The van der Waals surface area contributed by atoms with Gasteiger partial charge in [0.05, 0.1) is 20.3 Å². The van der Waals surface area contributed by atoms with E-state index >= 15 is 0 Å². The molecule has 0 aliphatic heterocycles. The quantitative estimate of drug-likeness (QED) is 0.714. The summed E-state index contributed by atoms with van der Waals surface area (Å²) in [7, 11) is 1.50. The fourth-order valence-electron chi connectivity index (χ4n) is 1.68. The molecule has 1 rings (SSSR count). The Morgan fingerprint density at radius 3 is 2.65 bits per heavy atom. The number of ether oxygens (including phenoxy) is 3. The summed E-state index contributed by atoms with van der Waals surface area (Å²) in [6.45, 7) is 2.20. The van der Waals surface area contributed by atoms with Crippen LogP contribution in [0.15, 0.2) is 18.2 Å². The van der Waals surface area contributed by atoms with E-state index in [2.05, 4.69) is 0 Å². The van der Waals surface area contributed by atoms with Crippen molar-refractivity contribution in [3.8, 4) is 11.5 Å². The molecule has 1 aromatic carbocycles.